The monoisotopic (exact) mass is 1250 g/mol. The normalized spacial score (nSPS) is 26.5. The van der Waals surface area contributed by atoms with Gasteiger partial charge in [0.15, 0.2) is 14.1 Å². The number of aliphatic hydroxyl groups is 6. The topological polar surface area (TPSA) is 432 Å². The predicted molar refractivity (Wildman–Crippen MR) is 311 cm³/mol. The number of nitrogens with one attached hydrogen (secondary N) is 6. The second-order valence-electron chi connectivity index (χ2n) is 26.1. The van der Waals surface area contributed by atoms with E-state index in [0.29, 0.717) is 50.5 Å². The number of esters is 1. The summed E-state index contributed by atoms with van der Waals surface area (Å²) in [5.74, 6) is -10.6. The van der Waals surface area contributed by atoms with Crippen LogP contribution in [0.5, 0.6) is 0 Å². The number of Topliss-reactive ketones (excluding diaryl/α,β-unsaturated/α-hetero) is 1. The van der Waals surface area contributed by atoms with Gasteiger partial charge in [0, 0.05) is 61.4 Å². The Bertz CT molecular complexity index is 2740. The van der Waals surface area contributed by atoms with Gasteiger partial charge >= 0.3 is 5.97 Å². The van der Waals surface area contributed by atoms with E-state index in [1.807, 2.05) is 13.8 Å². The number of β-amino-alcohol motifs (C(OH)–C–C–N with tert-alkyl or cyclic N) is 1. The van der Waals surface area contributed by atoms with Gasteiger partial charge in [0.25, 0.3) is 0 Å². The molecule has 0 unspecified atom stereocenters. The lowest BCUT2D eigenvalue weighted by atomic mass is 9.67. The van der Waals surface area contributed by atoms with E-state index in [2.05, 4.69) is 65.8 Å². The highest BCUT2D eigenvalue weighted by Crippen LogP contribution is 2.66. The molecule has 29 heteroatoms. The van der Waals surface area contributed by atoms with Crippen LogP contribution in [-0.4, -0.2) is 226 Å². The maximum atomic E-state index is 14.6. The van der Waals surface area contributed by atoms with E-state index in [4.69, 9.17) is 14.9 Å². The van der Waals surface area contributed by atoms with Gasteiger partial charge in [0.1, 0.15) is 60.0 Å². The third-order valence-corrected chi connectivity index (χ3v) is 23.4. The molecule has 0 aromatic heterocycles. The third-order valence-electron chi connectivity index (χ3n) is 19.0. The fraction of sp³-hybridized carbons (Fsp3) is 0.741. The van der Waals surface area contributed by atoms with Crippen LogP contribution in [-0.2, 0) is 61.9 Å². The Kier molecular flexibility index (Phi) is 22.6. The molecule has 6 rings (SSSR count). The Labute approximate surface area is 507 Å². The second-order valence-corrected chi connectivity index (χ2v) is 31.0. The summed E-state index contributed by atoms with van der Waals surface area (Å²) in [6.45, 7) is 12.5. The van der Waals surface area contributed by atoms with Gasteiger partial charge in [-0.3, -0.25) is 47.9 Å². The van der Waals surface area contributed by atoms with Crippen molar-refractivity contribution in [2.24, 2.45) is 22.5 Å². The second kappa shape index (κ2) is 28.1. The molecule has 2 saturated heterocycles. The Hall–Kier alpha value is -6.21. The Morgan fingerprint density at radius 1 is 0.736 bits per heavy atom. The van der Waals surface area contributed by atoms with Gasteiger partial charge in [-0.15, -0.1) is 0 Å². The third kappa shape index (κ3) is 15.3. The van der Waals surface area contributed by atoms with Crippen molar-refractivity contribution in [3.8, 4) is 0 Å². The lowest BCUT2D eigenvalue weighted by Crippen LogP contribution is -2.62. The minimum atomic E-state index is -2.43. The molecule has 28 nitrogen and oxygen atoms in total. The molecule has 0 aromatic rings. The van der Waals surface area contributed by atoms with Gasteiger partial charge in [-0.2, -0.15) is 0 Å². The zero-order chi connectivity index (χ0) is 64.9. The average molecular weight is 1250 g/mol. The number of aliphatic hydroxyl groups excluding tert-OH is 5. The lowest BCUT2D eigenvalue weighted by molar-refractivity contribution is -0.161. The first-order chi connectivity index (χ1) is 40.6. The highest BCUT2D eigenvalue weighted by atomic mass is 28.4. The molecule has 6 aliphatic rings. The van der Waals surface area contributed by atoms with Crippen molar-refractivity contribution in [3.05, 3.63) is 22.8 Å². The predicted octanol–water partition coefficient (Wildman–Crippen LogP) is -3.01. The van der Waals surface area contributed by atoms with Crippen molar-refractivity contribution < 1.29 is 92.5 Å². The molecule has 1 spiro atoms. The van der Waals surface area contributed by atoms with E-state index in [1.54, 1.807) is 6.08 Å². The van der Waals surface area contributed by atoms with E-state index in [1.165, 1.54) is 13.8 Å². The van der Waals surface area contributed by atoms with E-state index in [0.717, 1.165) is 21.8 Å². The molecular weight excluding hydrogens is 1150 g/mol. The molecule has 486 valence electrons. The van der Waals surface area contributed by atoms with Crippen LogP contribution in [0.15, 0.2) is 22.8 Å². The van der Waals surface area contributed by atoms with Crippen molar-refractivity contribution >= 4 is 73.2 Å². The number of nitrogens with two attached hydrogens (primary N) is 1. The zero-order valence-electron chi connectivity index (χ0n) is 51.3. The van der Waals surface area contributed by atoms with E-state index in [-0.39, 0.29) is 43.1 Å². The zero-order valence-corrected chi connectivity index (χ0v) is 52.3. The molecule has 14 N–H and O–H groups in total. The van der Waals surface area contributed by atoms with Crippen LogP contribution in [0.25, 0.3) is 0 Å². The van der Waals surface area contributed by atoms with Crippen molar-refractivity contribution in [1.82, 2.24) is 41.7 Å². The Morgan fingerprint density at radius 2 is 1.26 bits per heavy atom. The standard InChI is InChI=1S/C58H91N9O19Si/c1-30-43-34(45(75)57(7,84)58(30)19-20-58)23-56(6,29-85-87(8,9)55(3,4)5)46(43)86-54(83)40-16-13-21-66(40)53(82)39(28-71)64-49(78)36(25-68)61-47(76)35(17-18-42(59)74)60-52(81)44(32-14-11-10-12-15-32)65-50(79)38(27-70)62-48(77)37(26-69)63-51(80)41-22-33(73)24-67(41)31(2)72/h23,32-33,35-41,44,46,68-71,73,84H,10-22,24-29H2,1-9H3,(H2,59,74)(H,60,81)(H,61,76)(H,62,77)(H,63,80)(H,64,78)(H,65,79)/t33-,35+,36+,37+,38+,39+,40+,41+,44+,46-,56+,57+/m1/s1. The number of amides is 9. The molecule has 0 aromatic carbocycles. The molecule has 0 bridgehead atoms. The van der Waals surface area contributed by atoms with Gasteiger partial charge in [-0.1, -0.05) is 51.7 Å². The number of likely N-dealkylation sites (tertiary alicyclic amines) is 2. The number of rotatable bonds is 26. The molecule has 9 amide bonds. The van der Waals surface area contributed by atoms with Crippen LogP contribution in [0.4, 0.5) is 0 Å². The maximum absolute atomic E-state index is 14.6. The lowest BCUT2D eigenvalue weighted by Gasteiger charge is -2.42. The van der Waals surface area contributed by atoms with Crippen LogP contribution < -0.4 is 37.6 Å². The van der Waals surface area contributed by atoms with Gasteiger partial charge < -0.3 is 87.2 Å². The highest BCUT2D eigenvalue weighted by molar-refractivity contribution is 6.74. The van der Waals surface area contributed by atoms with Crippen LogP contribution in [0.1, 0.15) is 126 Å². The fourth-order valence-electron chi connectivity index (χ4n) is 12.4. The summed E-state index contributed by atoms with van der Waals surface area (Å²) in [7, 11) is -2.43. The summed E-state index contributed by atoms with van der Waals surface area (Å²) >= 11 is 0. The number of hydrogen-bond acceptors (Lipinski definition) is 19. The molecule has 2 heterocycles. The van der Waals surface area contributed by atoms with Crippen LogP contribution in [0.3, 0.4) is 0 Å². The number of nitrogens with zero attached hydrogens (tertiary/aromatic N) is 2. The van der Waals surface area contributed by atoms with E-state index in [9.17, 15) is 83.4 Å². The minimum absolute atomic E-state index is 0.00361. The van der Waals surface area contributed by atoms with E-state index >= 15 is 0 Å². The molecule has 0 radical (unpaired) electrons. The smallest absolute Gasteiger partial charge is 0.329 e. The summed E-state index contributed by atoms with van der Waals surface area (Å²) < 4.78 is 13.1. The minimum Gasteiger partial charge on any atom is -0.455 e. The van der Waals surface area contributed by atoms with Gasteiger partial charge in [-0.05, 0) is 89.8 Å². The van der Waals surface area contributed by atoms with Crippen molar-refractivity contribution in [2.75, 3.05) is 46.1 Å². The average Bonchev–Trinajstić information content (AvgIpc) is 1.54. The number of carbonyl (C=O) groups excluding carboxylic acids is 11. The van der Waals surface area contributed by atoms with Gasteiger partial charge in [0.2, 0.25) is 53.2 Å². The summed E-state index contributed by atoms with van der Waals surface area (Å²) in [6, 6.07) is -12.6. The number of carbonyl (C=O) groups is 11. The fourth-order valence-corrected chi connectivity index (χ4v) is 13.5. The quantitative estimate of drug-likeness (QED) is 0.0303. The first-order valence-corrected chi connectivity index (χ1v) is 32.9. The largest absolute Gasteiger partial charge is 0.455 e. The molecule has 4 fully saturated rings. The Balaban J connectivity index is 1.13. The van der Waals surface area contributed by atoms with Gasteiger partial charge in [0.05, 0.1) is 32.5 Å². The summed E-state index contributed by atoms with van der Waals surface area (Å²) in [5, 5.41) is 77.1. The summed E-state index contributed by atoms with van der Waals surface area (Å²) in [4.78, 5) is 152. The molecule has 87 heavy (non-hydrogen) atoms. The number of fused-ring (bicyclic) bond motifs is 1. The molecule has 2 aliphatic heterocycles. The number of ketones is 1. The molecular formula is C58H91N9O19Si. The molecule has 2 saturated carbocycles. The number of primary amides is 1. The Morgan fingerprint density at radius 3 is 1.79 bits per heavy atom. The maximum Gasteiger partial charge on any atom is 0.329 e. The van der Waals surface area contributed by atoms with Crippen LogP contribution in [0, 0.1) is 16.7 Å². The van der Waals surface area contributed by atoms with Crippen molar-refractivity contribution in [2.45, 2.75) is 210 Å². The van der Waals surface area contributed by atoms with Crippen molar-refractivity contribution in [1.29, 1.82) is 0 Å². The summed E-state index contributed by atoms with van der Waals surface area (Å²) in [6.07, 6.45) is 2.87. The number of hydrogen-bond donors (Lipinski definition) is 13. The SMILES string of the molecule is CC(=O)N1C[C@H](O)C[C@H]1C(=O)N[C@@H](CO)C(=O)N[C@@H](CO)C(=O)N[C@H](C(=O)N[C@@H](CCC(N)=O)C(=O)N[C@@H](CO)C(=O)N[C@@H](CO)C(=O)N1CCC[C@H]1C(=O)O[C@@H]1C2=C(C)C3(CC3)[C@@](C)(O)C(=O)C2=C[C@@]1(C)CO[Si](C)(C)C(C)(C)C)C1CCCCC1. The molecule has 12 atom stereocenters. The van der Waals surface area contributed by atoms with Crippen LogP contribution in [0.2, 0.25) is 18.1 Å². The molecule has 4 aliphatic carbocycles. The van der Waals surface area contributed by atoms with Crippen molar-refractivity contribution in [3.63, 3.8) is 0 Å². The van der Waals surface area contributed by atoms with E-state index < -0.39 is 195 Å². The first kappa shape index (κ1) is 69.9. The highest BCUT2D eigenvalue weighted by Gasteiger charge is 2.67. The van der Waals surface area contributed by atoms with Gasteiger partial charge in [-0.25, -0.2) is 4.79 Å². The first-order valence-electron chi connectivity index (χ1n) is 30.0. The number of ether oxygens (including phenoxy) is 1. The summed E-state index contributed by atoms with van der Waals surface area (Å²) in [5.41, 5.74) is 3.24. The van der Waals surface area contributed by atoms with Crippen LogP contribution >= 0.6 is 0 Å².